The van der Waals surface area contributed by atoms with Gasteiger partial charge in [0.2, 0.25) is 12.2 Å². The summed E-state index contributed by atoms with van der Waals surface area (Å²) in [5.41, 5.74) is -0.184. The first-order valence-corrected chi connectivity index (χ1v) is 13.9. The number of hydrogen-bond donors (Lipinski definition) is 2. The second-order valence-electron chi connectivity index (χ2n) is 8.88. The van der Waals surface area contributed by atoms with E-state index < -0.39 is 48.0 Å². The minimum Gasteiger partial charge on any atom is -0.493 e. The maximum Gasteiger partial charge on any atom is 0.349 e. The number of amides is 1. The number of hydrogen-bond acceptors (Lipinski definition) is 12. The van der Waals surface area contributed by atoms with Crippen molar-refractivity contribution in [3.05, 3.63) is 75.4 Å². The molecule has 1 amide bonds. The first-order valence-electron chi connectivity index (χ1n) is 12.8. The van der Waals surface area contributed by atoms with Crippen LogP contribution in [-0.2, 0) is 28.7 Å². The lowest BCUT2D eigenvalue weighted by molar-refractivity contribution is -0.157. The number of carbonyl (C=O) groups excluding carboxylic acids is 5. The number of ether oxygens (including phenoxy) is 6. The molecule has 0 bridgehead atoms. The standard InChI is InChI=1S/C30H26INO13/c1-15(33)42-21-11-9-17(13-23(21)40-3)29(38)44-25(27(35)32-20-8-6-5-7-19(20)31)26(28(36)37)45-30(39)18-10-12-22(43-16(2)34)24(14-18)41-4/h5-14,25-26H,1-4H3,(H,32,35)(H,36,37)/t25-,26+/m1/s1. The average Bonchev–Trinajstić information content (AvgIpc) is 2.99. The molecule has 0 fully saturated rings. The number of aliphatic carboxylic acids is 1. The van der Waals surface area contributed by atoms with E-state index in [2.05, 4.69) is 5.32 Å². The first kappa shape index (κ1) is 34.3. The van der Waals surface area contributed by atoms with Crippen LogP contribution in [0.1, 0.15) is 34.6 Å². The van der Waals surface area contributed by atoms with Gasteiger partial charge in [0.05, 0.1) is 31.0 Å². The van der Waals surface area contributed by atoms with Crippen LogP contribution in [0.3, 0.4) is 0 Å². The minimum absolute atomic E-state index is 0.0120. The lowest BCUT2D eigenvalue weighted by atomic mass is 10.1. The molecule has 2 N–H and O–H groups in total. The van der Waals surface area contributed by atoms with Crippen LogP contribution in [0.4, 0.5) is 5.69 Å². The normalized spacial score (nSPS) is 11.7. The highest BCUT2D eigenvalue weighted by Crippen LogP contribution is 2.30. The minimum atomic E-state index is -2.34. The van der Waals surface area contributed by atoms with Crippen molar-refractivity contribution in [1.82, 2.24) is 0 Å². The van der Waals surface area contributed by atoms with Gasteiger partial charge in [0.15, 0.2) is 23.0 Å². The monoisotopic (exact) mass is 735 g/mol. The smallest absolute Gasteiger partial charge is 0.349 e. The zero-order valence-electron chi connectivity index (χ0n) is 24.2. The Morgan fingerprint density at radius 1 is 0.689 bits per heavy atom. The van der Waals surface area contributed by atoms with Gasteiger partial charge < -0.3 is 38.8 Å². The third-order valence-electron chi connectivity index (χ3n) is 5.68. The van der Waals surface area contributed by atoms with Crippen molar-refractivity contribution in [3.63, 3.8) is 0 Å². The third kappa shape index (κ3) is 9.15. The van der Waals surface area contributed by atoms with Gasteiger partial charge in [0.25, 0.3) is 5.91 Å². The van der Waals surface area contributed by atoms with Crippen LogP contribution in [0.2, 0.25) is 0 Å². The molecular formula is C30H26INO13. The highest BCUT2D eigenvalue weighted by atomic mass is 127. The number of rotatable bonds is 12. The fourth-order valence-electron chi connectivity index (χ4n) is 3.70. The number of benzene rings is 3. The Bertz CT molecular complexity index is 1640. The molecule has 0 aliphatic rings. The summed E-state index contributed by atoms with van der Waals surface area (Å²) in [5, 5.41) is 12.5. The van der Waals surface area contributed by atoms with Gasteiger partial charge >= 0.3 is 29.8 Å². The van der Waals surface area contributed by atoms with Crippen LogP contribution in [-0.4, -0.2) is 67.3 Å². The number of nitrogens with one attached hydrogen (secondary N) is 1. The summed E-state index contributed by atoms with van der Waals surface area (Å²) in [5.74, 6) is -6.78. The Morgan fingerprint density at radius 2 is 1.16 bits per heavy atom. The molecule has 15 heteroatoms. The van der Waals surface area contributed by atoms with Gasteiger partial charge in [-0.3, -0.25) is 14.4 Å². The van der Waals surface area contributed by atoms with Crippen molar-refractivity contribution in [2.24, 2.45) is 0 Å². The Balaban J connectivity index is 1.98. The zero-order valence-corrected chi connectivity index (χ0v) is 26.3. The van der Waals surface area contributed by atoms with Gasteiger partial charge in [-0.15, -0.1) is 0 Å². The summed E-state index contributed by atoms with van der Waals surface area (Å²) in [4.78, 5) is 74.9. The summed E-state index contributed by atoms with van der Waals surface area (Å²) < 4.78 is 31.4. The molecule has 2 atom stereocenters. The number of esters is 4. The van der Waals surface area contributed by atoms with E-state index in [4.69, 9.17) is 28.4 Å². The molecule has 0 heterocycles. The Hall–Kier alpha value is -5.19. The average molecular weight is 735 g/mol. The molecular weight excluding hydrogens is 709 g/mol. The zero-order chi connectivity index (χ0) is 33.3. The molecule has 0 saturated heterocycles. The molecule has 0 unspecified atom stereocenters. The molecule has 3 aromatic carbocycles. The number of carbonyl (C=O) groups is 6. The van der Waals surface area contributed by atoms with Crippen LogP contribution in [0.5, 0.6) is 23.0 Å². The molecule has 14 nitrogen and oxygen atoms in total. The molecule has 236 valence electrons. The fraction of sp³-hybridized carbons (Fsp3) is 0.200. The first-order chi connectivity index (χ1) is 21.3. The number of halogens is 1. The largest absolute Gasteiger partial charge is 0.493 e. The van der Waals surface area contributed by atoms with Crippen LogP contribution in [0.15, 0.2) is 60.7 Å². The lowest BCUT2D eigenvalue weighted by Gasteiger charge is -2.24. The molecule has 0 saturated carbocycles. The predicted molar refractivity (Wildman–Crippen MR) is 162 cm³/mol. The maximum atomic E-state index is 13.4. The summed E-state index contributed by atoms with van der Waals surface area (Å²) in [6.07, 6.45) is -4.56. The molecule has 0 aliphatic carbocycles. The van der Waals surface area contributed by atoms with Crippen molar-refractivity contribution in [1.29, 1.82) is 0 Å². The Morgan fingerprint density at radius 3 is 1.58 bits per heavy atom. The van der Waals surface area contributed by atoms with E-state index in [1.54, 1.807) is 18.2 Å². The predicted octanol–water partition coefficient (Wildman–Crippen LogP) is 3.63. The number of carboxylic acids is 1. The molecule has 0 aromatic heterocycles. The van der Waals surface area contributed by atoms with Gasteiger partial charge in [-0.25, -0.2) is 14.4 Å². The van der Waals surface area contributed by atoms with Crippen molar-refractivity contribution >= 4 is 64.0 Å². The van der Waals surface area contributed by atoms with Crippen LogP contribution < -0.4 is 24.3 Å². The van der Waals surface area contributed by atoms with Gasteiger partial charge in [-0.1, -0.05) is 12.1 Å². The van der Waals surface area contributed by atoms with E-state index >= 15 is 0 Å². The number of carboxylic acid groups (broad SMARTS) is 1. The fourth-order valence-corrected chi connectivity index (χ4v) is 4.22. The molecule has 0 aliphatic heterocycles. The highest BCUT2D eigenvalue weighted by Gasteiger charge is 2.41. The topological polar surface area (TPSA) is 190 Å². The molecule has 0 spiro atoms. The van der Waals surface area contributed by atoms with Crippen LogP contribution in [0.25, 0.3) is 0 Å². The van der Waals surface area contributed by atoms with Crippen molar-refractivity contribution < 1.29 is 62.3 Å². The summed E-state index contributed by atoms with van der Waals surface area (Å²) >= 11 is 1.93. The van der Waals surface area contributed by atoms with E-state index in [1.165, 1.54) is 44.6 Å². The highest BCUT2D eigenvalue weighted by molar-refractivity contribution is 14.1. The molecule has 3 rings (SSSR count). The van der Waals surface area contributed by atoms with Gasteiger partial charge in [0.1, 0.15) is 0 Å². The van der Waals surface area contributed by atoms with Crippen molar-refractivity contribution in [3.8, 4) is 23.0 Å². The van der Waals surface area contributed by atoms with Gasteiger partial charge in [-0.05, 0) is 71.1 Å². The molecule has 0 radical (unpaired) electrons. The third-order valence-corrected chi connectivity index (χ3v) is 6.62. The van der Waals surface area contributed by atoms with Gasteiger partial charge in [0, 0.05) is 17.4 Å². The SMILES string of the molecule is COc1cc(C(=O)O[C@H](C(=O)O)[C@@H](OC(=O)c2ccc(OC(C)=O)c(OC)c2)C(=O)Nc2ccccc2I)ccc1OC(C)=O. The summed E-state index contributed by atoms with van der Waals surface area (Å²) in [6, 6.07) is 13.6. The maximum absolute atomic E-state index is 13.4. The second kappa shape index (κ2) is 15.5. The second-order valence-corrected chi connectivity index (χ2v) is 10.0. The number of anilines is 1. The summed E-state index contributed by atoms with van der Waals surface area (Å²) in [7, 11) is 2.50. The molecule has 3 aromatic rings. The Kier molecular flexibility index (Phi) is 11.8. The van der Waals surface area contributed by atoms with E-state index in [1.807, 2.05) is 22.6 Å². The quantitative estimate of drug-likeness (QED) is 0.156. The molecule has 45 heavy (non-hydrogen) atoms. The van der Waals surface area contributed by atoms with Gasteiger partial charge in [-0.2, -0.15) is 0 Å². The van der Waals surface area contributed by atoms with Crippen LogP contribution in [0, 0.1) is 3.57 Å². The Labute approximate surface area is 269 Å². The van der Waals surface area contributed by atoms with E-state index in [9.17, 15) is 33.9 Å². The number of para-hydroxylation sites is 1. The summed E-state index contributed by atoms with van der Waals surface area (Å²) in [6.45, 7) is 2.32. The van der Waals surface area contributed by atoms with E-state index in [0.29, 0.717) is 3.57 Å². The van der Waals surface area contributed by atoms with E-state index in [0.717, 1.165) is 26.0 Å². The van der Waals surface area contributed by atoms with Crippen LogP contribution >= 0.6 is 22.6 Å². The lowest BCUT2D eigenvalue weighted by Crippen LogP contribution is -2.48. The van der Waals surface area contributed by atoms with E-state index in [-0.39, 0.29) is 39.8 Å². The van der Waals surface area contributed by atoms with Crippen molar-refractivity contribution in [2.45, 2.75) is 26.1 Å². The van der Waals surface area contributed by atoms with Crippen molar-refractivity contribution in [2.75, 3.05) is 19.5 Å². The number of methoxy groups -OCH3 is 2.